The van der Waals surface area contributed by atoms with Gasteiger partial charge < -0.3 is 20.1 Å². The van der Waals surface area contributed by atoms with Gasteiger partial charge in [0.25, 0.3) is 0 Å². The van der Waals surface area contributed by atoms with Crippen LogP contribution in [0.25, 0.3) is 0 Å². The van der Waals surface area contributed by atoms with E-state index in [9.17, 15) is 18.0 Å². The molecule has 1 amide bonds. The molecule has 0 saturated carbocycles. The number of rotatable bonds is 8. The van der Waals surface area contributed by atoms with Crippen LogP contribution in [0.2, 0.25) is 0 Å². The minimum absolute atomic E-state index is 0.0554. The molecule has 1 aliphatic heterocycles. The van der Waals surface area contributed by atoms with E-state index in [0.717, 1.165) is 5.69 Å². The number of primary amides is 1. The van der Waals surface area contributed by atoms with Crippen LogP contribution in [0, 0.1) is 0 Å². The van der Waals surface area contributed by atoms with Gasteiger partial charge in [-0.15, -0.1) is 0 Å². The van der Waals surface area contributed by atoms with Crippen LogP contribution < -0.4 is 10.6 Å². The third kappa shape index (κ3) is 4.41. The average Bonchev–Trinajstić information content (AvgIpc) is 2.68. The van der Waals surface area contributed by atoms with Gasteiger partial charge in [0.05, 0.1) is 12.0 Å². The lowest BCUT2D eigenvalue weighted by Crippen LogP contribution is -2.53. The van der Waals surface area contributed by atoms with E-state index in [2.05, 4.69) is 4.74 Å². The molecule has 0 radical (unpaired) electrons. The molecule has 27 heavy (non-hydrogen) atoms. The molecule has 1 saturated heterocycles. The number of anilines is 1. The first-order valence-corrected chi connectivity index (χ1v) is 10.2. The molecule has 0 atom stereocenters. The van der Waals surface area contributed by atoms with E-state index < -0.39 is 20.5 Å². The first kappa shape index (κ1) is 21.2. The fraction of sp³-hybridized carbons (Fsp3) is 0.556. The molecule has 0 aromatic heterocycles. The highest BCUT2D eigenvalue weighted by Gasteiger charge is 2.51. The molecule has 1 aliphatic rings. The number of nitrogens with two attached hydrogens (primary N) is 1. The minimum atomic E-state index is -3.93. The van der Waals surface area contributed by atoms with E-state index in [4.69, 9.17) is 10.5 Å². The van der Waals surface area contributed by atoms with Gasteiger partial charge in [0.2, 0.25) is 5.91 Å². The monoisotopic (exact) mass is 398 g/mol. The molecule has 1 fully saturated rings. The van der Waals surface area contributed by atoms with Crippen molar-refractivity contribution in [3.8, 4) is 0 Å². The van der Waals surface area contributed by atoms with Crippen LogP contribution in [0.5, 0.6) is 0 Å². The quantitative estimate of drug-likeness (QED) is 0.646. The Labute approximate surface area is 159 Å². The van der Waals surface area contributed by atoms with Crippen LogP contribution in [0.1, 0.15) is 25.7 Å². The number of ether oxygens (including phenoxy) is 2. The van der Waals surface area contributed by atoms with Crippen molar-refractivity contribution in [2.45, 2.75) is 35.3 Å². The zero-order chi connectivity index (χ0) is 20.1. The lowest BCUT2D eigenvalue weighted by Gasteiger charge is -2.33. The van der Waals surface area contributed by atoms with Crippen LogP contribution in [-0.2, 0) is 28.9 Å². The molecule has 150 valence electrons. The second-order valence-corrected chi connectivity index (χ2v) is 8.83. The van der Waals surface area contributed by atoms with E-state index in [1.807, 2.05) is 11.9 Å². The summed E-state index contributed by atoms with van der Waals surface area (Å²) in [5.74, 6) is -1.10. The number of esters is 1. The van der Waals surface area contributed by atoms with Gasteiger partial charge in [-0.25, -0.2) is 8.42 Å². The molecular weight excluding hydrogens is 372 g/mol. The third-order valence-corrected chi connectivity index (χ3v) is 7.48. The Morgan fingerprint density at radius 2 is 1.81 bits per heavy atom. The number of hydrogen-bond acceptors (Lipinski definition) is 7. The van der Waals surface area contributed by atoms with Gasteiger partial charge >= 0.3 is 5.97 Å². The Hall–Kier alpha value is -2.13. The zero-order valence-electron chi connectivity index (χ0n) is 15.6. The predicted octanol–water partition coefficient (Wildman–Crippen LogP) is 0.884. The predicted molar refractivity (Wildman–Crippen MR) is 100 cm³/mol. The topological polar surface area (TPSA) is 116 Å². The van der Waals surface area contributed by atoms with Crippen LogP contribution in [0.3, 0.4) is 0 Å². The summed E-state index contributed by atoms with van der Waals surface area (Å²) >= 11 is 0. The maximum atomic E-state index is 13.1. The van der Waals surface area contributed by atoms with Gasteiger partial charge in [-0.3, -0.25) is 9.59 Å². The van der Waals surface area contributed by atoms with Crippen LogP contribution in [0.4, 0.5) is 5.69 Å². The first-order chi connectivity index (χ1) is 12.7. The average molecular weight is 398 g/mol. The highest BCUT2D eigenvalue weighted by molar-refractivity contribution is 7.93. The highest BCUT2D eigenvalue weighted by atomic mass is 32.2. The van der Waals surface area contributed by atoms with Crippen LogP contribution in [-0.4, -0.2) is 59.0 Å². The number of benzene rings is 1. The number of carbonyl (C=O) groups is 2. The maximum absolute atomic E-state index is 13.1. The fourth-order valence-corrected chi connectivity index (χ4v) is 5.06. The lowest BCUT2D eigenvalue weighted by atomic mass is 9.98. The standard InChI is InChI=1S/C18H26N2O6S/c1-20(11-3-4-16(21)25-2)14-5-7-15(8-6-14)27(23,24)18(17(19)22)9-12-26-13-10-18/h5-8H,3-4,9-13H2,1-2H3,(H2,19,22). The molecule has 2 rings (SSSR count). The smallest absolute Gasteiger partial charge is 0.305 e. The van der Waals surface area contributed by atoms with Crippen molar-refractivity contribution in [1.82, 2.24) is 0 Å². The Morgan fingerprint density at radius 1 is 1.22 bits per heavy atom. The van der Waals surface area contributed by atoms with Crippen molar-refractivity contribution in [1.29, 1.82) is 0 Å². The van der Waals surface area contributed by atoms with Gasteiger partial charge in [-0.05, 0) is 43.5 Å². The van der Waals surface area contributed by atoms with E-state index in [1.165, 1.54) is 19.2 Å². The Morgan fingerprint density at radius 3 is 2.33 bits per heavy atom. The van der Waals surface area contributed by atoms with Gasteiger partial charge in [0.15, 0.2) is 14.6 Å². The van der Waals surface area contributed by atoms with E-state index in [0.29, 0.717) is 19.4 Å². The first-order valence-electron chi connectivity index (χ1n) is 8.75. The van der Waals surface area contributed by atoms with E-state index in [1.54, 1.807) is 12.1 Å². The van der Waals surface area contributed by atoms with Gasteiger partial charge in [0.1, 0.15) is 0 Å². The van der Waals surface area contributed by atoms with Gasteiger partial charge in [0, 0.05) is 38.9 Å². The summed E-state index contributed by atoms with van der Waals surface area (Å²) in [6.07, 6.45) is 1.05. The SMILES string of the molecule is COC(=O)CCCN(C)c1ccc(S(=O)(=O)C2(C(N)=O)CCOCC2)cc1. The number of methoxy groups -OCH3 is 1. The van der Waals surface area contributed by atoms with E-state index in [-0.39, 0.29) is 36.9 Å². The summed E-state index contributed by atoms with van der Waals surface area (Å²) in [6.45, 7) is 0.982. The van der Waals surface area contributed by atoms with Gasteiger partial charge in [-0.2, -0.15) is 0 Å². The van der Waals surface area contributed by atoms with Crippen molar-refractivity contribution < 1.29 is 27.5 Å². The maximum Gasteiger partial charge on any atom is 0.305 e. The number of nitrogens with zero attached hydrogens (tertiary/aromatic N) is 1. The lowest BCUT2D eigenvalue weighted by molar-refractivity contribution is -0.140. The number of amides is 1. The number of carbonyl (C=O) groups excluding carboxylic acids is 2. The second-order valence-electron chi connectivity index (χ2n) is 6.57. The summed E-state index contributed by atoms with van der Waals surface area (Å²) in [4.78, 5) is 25.2. The Bertz CT molecular complexity index is 770. The van der Waals surface area contributed by atoms with Crippen molar-refractivity contribution in [2.75, 3.05) is 38.8 Å². The highest BCUT2D eigenvalue weighted by Crippen LogP contribution is 2.35. The summed E-state index contributed by atoms with van der Waals surface area (Å²) in [5.41, 5.74) is 6.28. The molecule has 8 nitrogen and oxygen atoms in total. The molecule has 2 N–H and O–H groups in total. The van der Waals surface area contributed by atoms with Gasteiger partial charge in [-0.1, -0.05) is 0 Å². The molecule has 1 aromatic carbocycles. The van der Waals surface area contributed by atoms with Crippen molar-refractivity contribution in [3.63, 3.8) is 0 Å². The molecule has 0 bridgehead atoms. The summed E-state index contributed by atoms with van der Waals surface area (Å²) in [7, 11) is -0.730. The Balaban J connectivity index is 2.15. The van der Waals surface area contributed by atoms with E-state index >= 15 is 0 Å². The van der Waals surface area contributed by atoms with Crippen molar-refractivity contribution >= 4 is 27.4 Å². The van der Waals surface area contributed by atoms with Crippen LogP contribution in [0.15, 0.2) is 29.2 Å². The normalized spacial score (nSPS) is 16.5. The molecular formula is C18H26N2O6S. The largest absolute Gasteiger partial charge is 0.469 e. The summed E-state index contributed by atoms with van der Waals surface area (Å²) < 4.78 is 34.4. The number of sulfone groups is 1. The molecule has 9 heteroatoms. The minimum Gasteiger partial charge on any atom is -0.469 e. The molecule has 0 aliphatic carbocycles. The molecule has 1 aromatic rings. The summed E-state index contributed by atoms with van der Waals surface area (Å²) in [5, 5.41) is 0. The van der Waals surface area contributed by atoms with Crippen LogP contribution >= 0.6 is 0 Å². The molecule has 1 heterocycles. The summed E-state index contributed by atoms with van der Waals surface area (Å²) in [6, 6.07) is 6.33. The molecule has 0 unspecified atom stereocenters. The zero-order valence-corrected chi connectivity index (χ0v) is 16.5. The molecule has 0 spiro atoms. The van der Waals surface area contributed by atoms with Crippen molar-refractivity contribution in [3.05, 3.63) is 24.3 Å². The fourth-order valence-electron chi connectivity index (χ4n) is 3.15. The van der Waals surface area contributed by atoms with Crippen molar-refractivity contribution in [2.24, 2.45) is 5.73 Å². The number of hydrogen-bond donors (Lipinski definition) is 1. The Kier molecular flexibility index (Phi) is 6.83. The second kappa shape index (κ2) is 8.71. The third-order valence-electron chi connectivity index (χ3n) is 4.95.